The van der Waals surface area contributed by atoms with Crippen LogP contribution in [0.25, 0.3) is 0 Å². The fourth-order valence-corrected chi connectivity index (χ4v) is 2.37. The van der Waals surface area contributed by atoms with Crippen LogP contribution in [-0.4, -0.2) is 49.3 Å². The van der Waals surface area contributed by atoms with Crippen molar-refractivity contribution in [3.63, 3.8) is 0 Å². The van der Waals surface area contributed by atoms with Gasteiger partial charge in [-0.2, -0.15) is 0 Å². The zero-order chi connectivity index (χ0) is 18.2. The summed E-state index contributed by atoms with van der Waals surface area (Å²) in [5.74, 6) is -1.22. The monoisotopic (exact) mass is 398 g/mol. The summed E-state index contributed by atoms with van der Waals surface area (Å²) in [6.45, 7) is 0. The fourth-order valence-electron chi connectivity index (χ4n) is 1.84. The molecule has 0 spiro atoms. The molecule has 0 saturated heterocycles. The standard InChI is InChI=1S/C13H15BrN6O4/c1-18(2)12(23)8-9(21)10(16-5-15-8)17-7-6(14)11(22)19(3)20(4)13(7)24/h5,21H,1-4H3,(H,15,16,17). The zero-order valence-corrected chi connectivity index (χ0v) is 14.9. The van der Waals surface area contributed by atoms with Crippen molar-refractivity contribution in [2.45, 2.75) is 0 Å². The predicted octanol–water partition coefficient (Wildman–Crippen LogP) is -0.213. The highest BCUT2D eigenvalue weighted by molar-refractivity contribution is 9.10. The van der Waals surface area contributed by atoms with E-state index >= 15 is 0 Å². The van der Waals surface area contributed by atoms with Crippen molar-refractivity contribution in [3.8, 4) is 5.75 Å². The Hall–Kier alpha value is -2.69. The molecule has 0 aromatic carbocycles. The average Bonchev–Trinajstić information content (AvgIpc) is 2.55. The lowest BCUT2D eigenvalue weighted by molar-refractivity contribution is 0.0818. The summed E-state index contributed by atoms with van der Waals surface area (Å²) in [4.78, 5) is 45.2. The molecule has 0 bridgehead atoms. The Labute approximate surface area is 144 Å². The summed E-state index contributed by atoms with van der Waals surface area (Å²) >= 11 is 3.06. The van der Waals surface area contributed by atoms with Crippen molar-refractivity contribution in [1.29, 1.82) is 0 Å². The van der Waals surface area contributed by atoms with E-state index < -0.39 is 22.8 Å². The lowest BCUT2D eigenvalue weighted by atomic mass is 10.3. The molecule has 1 amide bonds. The van der Waals surface area contributed by atoms with Crippen LogP contribution >= 0.6 is 15.9 Å². The summed E-state index contributed by atoms with van der Waals surface area (Å²) in [6, 6.07) is 0. The molecule has 0 atom stereocenters. The van der Waals surface area contributed by atoms with Gasteiger partial charge in [-0.25, -0.2) is 19.3 Å². The second-order valence-corrected chi connectivity index (χ2v) is 5.88. The van der Waals surface area contributed by atoms with E-state index in [0.29, 0.717) is 0 Å². The maximum Gasteiger partial charge on any atom is 0.290 e. The van der Waals surface area contributed by atoms with E-state index in [2.05, 4.69) is 31.2 Å². The number of nitrogens with one attached hydrogen (secondary N) is 1. The van der Waals surface area contributed by atoms with Gasteiger partial charge in [0.05, 0.1) is 0 Å². The Balaban J connectivity index is 2.59. The molecule has 2 aromatic heterocycles. The average molecular weight is 399 g/mol. The van der Waals surface area contributed by atoms with Gasteiger partial charge in [0.25, 0.3) is 17.0 Å². The van der Waals surface area contributed by atoms with Gasteiger partial charge in [-0.3, -0.25) is 14.4 Å². The Bertz CT molecular complexity index is 933. The minimum Gasteiger partial charge on any atom is -0.503 e. The number of rotatable bonds is 3. The number of amides is 1. The lowest BCUT2D eigenvalue weighted by Crippen LogP contribution is -2.37. The number of hydrogen-bond donors (Lipinski definition) is 2. The molecule has 2 rings (SSSR count). The zero-order valence-electron chi connectivity index (χ0n) is 13.4. The third-order valence-corrected chi connectivity index (χ3v) is 4.07. The van der Waals surface area contributed by atoms with Crippen LogP contribution in [0.4, 0.5) is 11.5 Å². The lowest BCUT2D eigenvalue weighted by Gasteiger charge is -2.14. The third kappa shape index (κ3) is 2.89. The first-order valence-corrected chi connectivity index (χ1v) is 7.44. The molecule has 2 heterocycles. The second-order valence-electron chi connectivity index (χ2n) is 5.09. The van der Waals surface area contributed by atoms with Crippen molar-refractivity contribution in [2.24, 2.45) is 14.1 Å². The van der Waals surface area contributed by atoms with E-state index in [0.717, 1.165) is 15.7 Å². The van der Waals surface area contributed by atoms with Gasteiger partial charge >= 0.3 is 0 Å². The number of carbonyl (C=O) groups is 1. The van der Waals surface area contributed by atoms with E-state index in [4.69, 9.17) is 0 Å². The third-order valence-electron chi connectivity index (χ3n) is 3.33. The molecule has 11 heteroatoms. The van der Waals surface area contributed by atoms with Gasteiger partial charge in [0.15, 0.2) is 17.3 Å². The molecule has 24 heavy (non-hydrogen) atoms. The molecule has 2 N–H and O–H groups in total. The van der Waals surface area contributed by atoms with Gasteiger partial charge in [0.1, 0.15) is 16.5 Å². The Morgan fingerprint density at radius 3 is 2.38 bits per heavy atom. The van der Waals surface area contributed by atoms with E-state index in [1.807, 2.05) is 0 Å². The van der Waals surface area contributed by atoms with Crippen LogP contribution in [0, 0.1) is 0 Å². The van der Waals surface area contributed by atoms with Crippen molar-refractivity contribution in [1.82, 2.24) is 24.2 Å². The largest absolute Gasteiger partial charge is 0.503 e. The molecular formula is C13H15BrN6O4. The van der Waals surface area contributed by atoms with Gasteiger partial charge in [-0.05, 0) is 15.9 Å². The molecule has 2 aromatic rings. The molecule has 0 aliphatic rings. The predicted molar refractivity (Wildman–Crippen MR) is 89.6 cm³/mol. The molecule has 128 valence electrons. The summed E-state index contributed by atoms with van der Waals surface area (Å²) in [7, 11) is 5.87. The van der Waals surface area contributed by atoms with Crippen molar-refractivity contribution < 1.29 is 9.90 Å². The van der Waals surface area contributed by atoms with Crippen LogP contribution in [0.3, 0.4) is 0 Å². The van der Waals surface area contributed by atoms with Crippen LogP contribution in [-0.2, 0) is 14.1 Å². The van der Waals surface area contributed by atoms with Crippen LogP contribution < -0.4 is 16.4 Å². The quantitative estimate of drug-likeness (QED) is 0.732. The molecule has 0 radical (unpaired) electrons. The Kier molecular flexibility index (Phi) is 4.73. The summed E-state index contributed by atoms with van der Waals surface area (Å²) in [5, 5.41) is 12.8. The first-order valence-electron chi connectivity index (χ1n) is 6.65. The van der Waals surface area contributed by atoms with E-state index in [1.165, 1.54) is 33.1 Å². The first kappa shape index (κ1) is 17.7. The molecular weight excluding hydrogens is 384 g/mol. The number of halogens is 1. The number of nitrogens with zero attached hydrogens (tertiary/aromatic N) is 5. The highest BCUT2D eigenvalue weighted by Crippen LogP contribution is 2.27. The summed E-state index contributed by atoms with van der Waals surface area (Å²) in [6.07, 6.45) is 1.07. The van der Waals surface area contributed by atoms with E-state index in [-0.39, 0.29) is 21.7 Å². The molecule has 0 fully saturated rings. The maximum atomic E-state index is 12.3. The number of aromatic nitrogens is 4. The number of carbonyl (C=O) groups excluding carboxylic acids is 1. The summed E-state index contributed by atoms with van der Waals surface area (Å²) < 4.78 is 2.20. The second kappa shape index (κ2) is 6.43. The fraction of sp³-hybridized carbons (Fsp3) is 0.308. The van der Waals surface area contributed by atoms with Gasteiger partial charge in [0.2, 0.25) is 0 Å². The number of hydrogen-bond acceptors (Lipinski definition) is 7. The maximum absolute atomic E-state index is 12.3. The normalized spacial score (nSPS) is 10.5. The van der Waals surface area contributed by atoms with Crippen LogP contribution in [0.15, 0.2) is 20.4 Å². The highest BCUT2D eigenvalue weighted by atomic mass is 79.9. The van der Waals surface area contributed by atoms with Crippen LogP contribution in [0.5, 0.6) is 5.75 Å². The van der Waals surface area contributed by atoms with Gasteiger partial charge in [-0.1, -0.05) is 0 Å². The van der Waals surface area contributed by atoms with Gasteiger partial charge in [-0.15, -0.1) is 0 Å². The van der Waals surface area contributed by atoms with Gasteiger partial charge in [0, 0.05) is 28.2 Å². The SMILES string of the molecule is CN(C)C(=O)c1ncnc(Nc2c(Br)c(=O)n(C)n(C)c2=O)c1O. The molecule has 0 saturated carbocycles. The Morgan fingerprint density at radius 2 is 1.79 bits per heavy atom. The molecule has 0 aliphatic carbocycles. The van der Waals surface area contributed by atoms with Crippen molar-refractivity contribution >= 4 is 33.3 Å². The van der Waals surface area contributed by atoms with E-state index in [1.54, 1.807) is 0 Å². The van der Waals surface area contributed by atoms with Crippen molar-refractivity contribution in [3.05, 3.63) is 37.2 Å². The van der Waals surface area contributed by atoms with Crippen LogP contribution in [0.1, 0.15) is 10.5 Å². The topological polar surface area (TPSA) is 122 Å². The Morgan fingerprint density at radius 1 is 1.21 bits per heavy atom. The summed E-state index contributed by atoms with van der Waals surface area (Å²) in [5.41, 5.74) is -1.33. The van der Waals surface area contributed by atoms with E-state index in [9.17, 15) is 19.5 Å². The van der Waals surface area contributed by atoms with Crippen LogP contribution in [0.2, 0.25) is 0 Å². The number of aromatic hydroxyl groups is 1. The van der Waals surface area contributed by atoms with Crippen molar-refractivity contribution in [2.75, 3.05) is 19.4 Å². The molecule has 0 unspecified atom stereocenters. The molecule has 0 aliphatic heterocycles. The highest BCUT2D eigenvalue weighted by Gasteiger charge is 2.21. The number of anilines is 2. The minimum atomic E-state index is -0.533. The smallest absolute Gasteiger partial charge is 0.290 e. The first-order chi connectivity index (χ1) is 11.2. The minimum absolute atomic E-state index is 0.0217. The van der Waals surface area contributed by atoms with Gasteiger partial charge < -0.3 is 15.3 Å². The molecule has 10 nitrogen and oxygen atoms in total.